The number of hydrogen-bond donors (Lipinski definition) is 2. The quantitative estimate of drug-likeness (QED) is 0.660. The lowest BCUT2D eigenvalue weighted by atomic mass is 10.6. The molecule has 116 valence electrons. The van der Waals surface area contributed by atoms with Crippen molar-refractivity contribution in [3.05, 3.63) is 5.28 Å². The predicted octanol–water partition coefficient (Wildman–Crippen LogP) is 0.475. The summed E-state index contributed by atoms with van der Waals surface area (Å²) in [5.74, 6) is -0.714. The molecule has 2 N–H and O–H groups in total. The molecule has 0 aliphatic carbocycles. The van der Waals surface area contributed by atoms with Crippen LogP contribution in [0.2, 0.25) is 5.28 Å². The fraction of sp³-hybridized carbons (Fsp3) is 0.545. The summed E-state index contributed by atoms with van der Waals surface area (Å²) in [6.07, 6.45) is 0. The third-order valence-corrected chi connectivity index (χ3v) is 2.17. The van der Waals surface area contributed by atoms with E-state index in [1.54, 1.807) is 13.8 Å². The van der Waals surface area contributed by atoms with Crippen LogP contribution in [-0.4, -0.2) is 53.2 Å². The number of esters is 2. The van der Waals surface area contributed by atoms with Crippen molar-refractivity contribution in [2.24, 2.45) is 0 Å². The SMILES string of the molecule is CCOC(=O)CNc1nc(Cl)nc(NCC(=O)OCC)n1. The molecule has 0 aromatic carbocycles. The van der Waals surface area contributed by atoms with Crippen molar-refractivity contribution in [2.75, 3.05) is 36.9 Å². The van der Waals surface area contributed by atoms with Crippen LogP contribution in [0, 0.1) is 0 Å². The molecule has 0 spiro atoms. The van der Waals surface area contributed by atoms with Crippen molar-refractivity contribution in [2.45, 2.75) is 13.8 Å². The minimum atomic E-state index is -0.449. The summed E-state index contributed by atoms with van der Waals surface area (Å²) in [6.45, 7) is 3.76. The van der Waals surface area contributed by atoms with Gasteiger partial charge in [-0.3, -0.25) is 9.59 Å². The predicted molar refractivity (Wildman–Crippen MR) is 75.1 cm³/mol. The Kier molecular flexibility index (Phi) is 7.16. The van der Waals surface area contributed by atoms with Crippen LogP contribution in [0.5, 0.6) is 0 Å². The standard InChI is InChI=1S/C11H16ClN5O4/c1-3-20-7(18)5-13-10-15-9(12)16-11(17-10)14-6-8(19)21-4-2/h3-6H2,1-2H3,(H2,13,14,15,16,17). The Bertz CT molecular complexity index is 459. The molecular weight excluding hydrogens is 302 g/mol. The first kappa shape index (κ1) is 16.9. The van der Waals surface area contributed by atoms with Crippen LogP contribution in [-0.2, 0) is 19.1 Å². The molecule has 1 heterocycles. The fourth-order valence-corrected chi connectivity index (χ4v) is 1.39. The Morgan fingerprint density at radius 3 is 1.76 bits per heavy atom. The van der Waals surface area contributed by atoms with Crippen LogP contribution < -0.4 is 10.6 Å². The molecule has 1 aromatic rings. The topological polar surface area (TPSA) is 115 Å². The number of anilines is 2. The molecule has 0 fully saturated rings. The van der Waals surface area contributed by atoms with E-state index in [2.05, 4.69) is 25.6 Å². The van der Waals surface area contributed by atoms with Crippen LogP contribution in [0.3, 0.4) is 0 Å². The lowest BCUT2D eigenvalue weighted by Crippen LogP contribution is -2.20. The minimum absolute atomic E-state index is 0.0808. The van der Waals surface area contributed by atoms with Crippen LogP contribution >= 0.6 is 11.6 Å². The third-order valence-electron chi connectivity index (χ3n) is 2.00. The highest BCUT2D eigenvalue weighted by Crippen LogP contribution is 2.09. The Balaban J connectivity index is 2.58. The second-order valence-electron chi connectivity index (χ2n) is 3.57. The van der Waals surface area contributed by atoms with Gasteiger partial charge < -0.3 is 20.1 Å². The van der Waals surface area contributed by atoms with Gasteiger partial charge in [0.1, 0.15) is 13.1 Å². The number of hydrogen-bond acceptors (Lipinski definition) is 9. The smallest absolute Gasteiger partial charge is 0.325 e. The number of carbonyl (C=O) groups is 2. The number of rotatable bonds is 8. The van der Waals surface area contributed by atoms with Crippen molar-refractivity contribution in [1.29, 1.82) is 0 Å². The zero-order valence-electron chi connectivity index (χ0n) is 11.7. The molecule has 0 saturated heterocycles. The highest BCUT2D eigenvalue weighted by atomic mass is 35.5. The zero-order valence-corrected chi connectivity index (χ0v) is 12.4. The Hall–Kier alpha value is -2.16. The van der Waals surface area contributed by atoms with Crippen LogP contribution in [0.15, 0.2) is 0 Å². The van der Waals surface area contributed by atoms with Gasteiger partial charge in [-0.15, -0.1) is 0 Å². The minimum Gasteiger partial charge on any atom is -0.465 e. The van der Waals surface area contributed by atoms with E-state index in [0.29, 0.717) is 0 Å². The maximum Gasteiger partial charge on any atom is 0.325 e. The van der Waals surface area contributed by atoms with Crippen molar-refractivity contribution in [3.63, 3.8) is 0 Å². The second-order valence-corrected chi connectivity index (χ2v) is 3.91. The first-order chi connectivity index (χ1) is 10.0. The van der Waals surface area contributed by atoms with Gasteiger partial charge in [0.05, 0.1) is 13.2 Å². The fourth-order valence-electron chi connectivity index (χ4n) is 1.23. The van der Waals surface area contributed by atoms with Crippen molar-refractivity contribution < 1.29 is 19.1 Å². The molecule has 0 radical (unpaired) electrons. The van der Waals surface area contributed by atoms with Gasteiger partial charge in [0.15, 0.2) is 0 Å². The summed E-state index contributed by atoms with van der Waals surface area (Å²) >= 11 is 5.73. The number of halogens is 1. The van der Waals surface area contributed by atoms with Crippen LogP contribution in [0.25, 0.3) is 0 Å². The van der Waals surface area contributed by atoms with Gasteiger partial charge in [0.2, 0.25) is 17.2 Å². The van der Waals surface area contributed by atoms with E-state index in [1.807, 2.05) is 0 Å². The van der Waals surface area contributed by atoms with Gasteiger partial charge in [-0.05, 0) is 25.4 Å². The van der Waals surface area contributed by atoms with E-state index in [1.165, 1.54) is 0 Å². The molecular formula is C11H16ClN5O4. The van der Waals surface area contributed by atoms with Gasteiger partial charge in [-0.1, -0.05) is 0 Å². The molecule has 21 heavy (non-hydrogen) atoms. The lowest BCUT2D eigenvalue weighted by Gasteiger charge is -2.07. The number of nitrogens with zero attached hydrogens (tertiary/aromatic N) is 3. The Morgan fingerprint density at radius 2 is 1.38 bits per heavy atom. The molecule has 9 nitrogen and oxygen atoms in total. The summed E-state index contributed by atoms with van der Waals surface area (Å²) in [7, 11) is 0. The van der Waals surface area contributed by atoms with Crippen molar-refractivity contribution in [1.82, 2.24) is 15.0 Å². The average Bonchev–Trinajstić information content (AvgIpc) is 2.43. The van der Waals surface area contributed by atoms with Crippen LogP contribution in [0.4, 0.5) is 11.9 Å². The number of nitrogens with one attached hydrogen (secondary N) is 2. The highest BCUT2D eigenvalue weighted by Gasteiger charge is 2.09. The van der Waals surface area contributed by atoms with E-state index in [4.69, 9.17) is 21.1 Å². The maximum atomic E-state index is 11.2. The van der Waals surface area contributed by atoms with Crippen LogP contribution in [0.1, 0.15) is 13.8 Å². The molecule has 10 heteroatoms. The van der Waals surface area contributed by atoms with Gasteiger partial charge in [-0.2, -0.15) is 15.0 Å². The highest BCUT2D eigenvalue weighted by molar-refractivity contribution is 6.28. The largest absolute Gasteiger partial charge is 0.465 e. The summed E-state index contributed by atoms with van der Waals surface area (Å²) in [5, 5.41) is 5.21. The van der Waals surface area contributed by atoms with E-state index in [0.717, 1.165) is 0 Å². The molecule has 0 amide bonds. The zero-order chi connectivity index (χ0) is 15.7. The summed E-state index contributed by atoms with van der Waals surface area (Å²) in [6, 6.07) is 0. The second kappa shape index (κ2) is 8.90. The first-order valence-electron chi connectivity index (χ1n) is 6.25. The van der Waals surface area contributed by atoms with Crippen molar-refractivity contribution >= 4 is 35.4 Å². The van der Waals surface area contributed by atoms with E-state index in [-0.39, 0.29) is 43.5 Å². The molecule has 0 saturated carbocycles. The molecule has 0 aliphatic rings. The Morgan fingerprint density at radius 1 is 0.952 bits per heavy atom. The Labute approximate surface area is 126 Å². The van der Waals surface area contributed by atoms with E-state index in [9.17, 15) is 9.59 Å². The average molecular weight is 318 g/mol. The molecule has 0 unspecified atom stereocenters. The summed E-state index contributed by atoms with van der Waals surface area (Å²) < 4.78 is 9.50. The van der Waals surface area contributed by atoms with Gasteiger partial charge in [0, 0.05) is 0 Å². The monoisotopic (exact) mass is 317 g/mol. The molecule has 1 aromatic heterocycles. The molecule has 0 bridgehead atoms. The third kappa shape index (κ3) is 6.70. The maximum absolute atomic E-state index is 11.2. The number of carbonyl (C=O) groups excluding carboxylic acids is 2. The molecule has 0 aliphatic heterocycles. The number of ether oxygens (including phenoxy) is 2. The van der Waals surface area contributed by atoms with Gasteiger partial charge >= 0.3 is 11.9 Å². The number of aromatic nitrogens is 3. The molecule has 0 atom stereocenters. The van der Waals surface area contributed by atoms with E-state index < -0.39 is 11.9 Å². The van der Waals surface area contributed by atoms with Gasteiger partial charge in [0.25, 0.3) is 0 Å². The lowest BCUT2D eigenvalue weighted by molar-refractivity contribution is -0.141. The first-order valence-corrected chi connectivity index (χ1v) is 6.63. The van der Waals surface area contributed by atoms with E-state index >= 15 is 0 Å². The summed E-state index contributed by atoms with van der Waals surface area (Å²) in [4.78, 5) is 34.0. The molecule has 1 rings (SSSR count). The normalized spacial score (nSPS) is 9.86. The van der Waals surface area contributed by atoms with Crippen molar-refractivity contribution in [3.8, 4) is 0 Å². The van der Waals surface area contributed by atoms with Gasteiger partial charge in [-0.25, -0.2) is 0 Å². The summed E-state index contributed by atoms with van der Waals surface area (Å²) in [5.41, 5.74) is 0.